The highest BCUT2D eigenvalue weighted by Crippen LogP contribution is 2.19. The van der Waals surface area contributed by atoms with E-state index in [4.69, 9.17) is 0 Å². The van der Waals surface area contributed by atoms with Gasteiger partial charge in [0.05, 0.1) is 0 Å². The van der Waals surface area contributed by atoms with Crippen molar-refractivity contribution in [2.24, 2.45) is 0 Å². The second-order valence-corrected chi connectivity index (χ2v) is 5.56. The molecule has 2 fully saturated rings. The molecule has 2 unspecified atom stereocenters. The van der Waals surface area contributed by atoms with Gasteiger partial charge >= 0.3 is 0 Å². The first-order chi connectivity index (χ1) is 7.29. The van der Waals surface area contributed by atoms with E-state index in [1.54, 1.807) is 0 Å². The van der Waals surface area contributed by atoms with E-state index in [-0.39, 0.29) is 0 Å². The Bertz CT molecular complexity index is 229. The summed E-state index contributed by atoms with van der Waals surface area (Å²) in [6.45, 7) is 3.81. The van der Waals surface area contributed by atoms with Crippen LogP contribution < -0.4 is 5.32 Å². The first-order valence-electron chi connectivity index (χ1n) is 5.91. The van der Waals surface area contributed by atoms with Crippen LogP contribution in [0.25, 0.3) is 0 Å². The molecule has 0 radical (unpaired) electrons. The normalized spacial score (nSPS) is 31.1. The standard InChI is InChI=1S/C11H20N2OS/c1-2-11(14)13-5-3-9(7-13)12-10-4-6-15-8-10/h9-10,12H,2-8H2,1H3. The van der Waals surface area contributed by atoms with Gasteiger partial charge in [-0.2, -0.15) is 11.8 Å². The first-order valence-corrected chi connectivity index (χ1v) is 7.06. The molecule has 4 heteroatoms. The zero-order chi connectivity index (χ0) is 10.7. The Hall–Kier alpha value is -0.220. The maximum atomic E-state index is 11.5. The van der Waals surface area contributed by atoms with Gasteiger partial charge in [-0.15, -0.1) is 0 Å². The zero-order valence-corrected chi connectivity index (χ0v) is 10.2. The van der Waals surface area contributed by atoms with Crippen molar-refractivity contribution in [3.63, 3.8) is 0 Å². The number of rotatable bonds is 3. The molecule has 2 saturated heterocycles. The molecule has 86 valence electrons. The van der Waals surface area contributed by atoms with E-state index < -0.39 is 0 Å². The fourth-order valence-electron chi connectivity index (χ4n) is 2.35. The third kappa shape index (κ3) is 2.88. The molecule has 2 heterocycles. The van der Waals surface area contributed by atoms with Gasteiger partial charge in [-0.05, 0) is 18.6 Å². The summed E-state index contributed by atoms with van der Waals surface area (Å²) in [5.74, 6) is 2.85. The predicted molar refractivity (Wildman–Crippen MR) is 64.1 cm³/mol. The van der Waals surface area contributed by atoms with Crippen LogP contribution in [-0.2, 0) is 4.79 Å². The SMILES string of the molecule is CCC(=O)N1CCC(NC2CCSC2)C1. The van der Waals surface area contributed by atoms with Crippen molar-refractivity contribution in [2.75, 3.05) is 24.6 Å². The van der Waals surface area contributed by atoms with Crippen molar-refractivity contribution in [1.29, 1.82) is 0 Å². The molecule has 2 atom stereocenters. The summed E-state index contributed by atoms with van der Waals surface area (Å²) < 4.78 is 0. The minimum absolute atomic E-state index is 0.306. The summed E-state index contributed by atoms with van der Waals surface area (Å²) >= 11 is 2.03. The zero-order valence-electron chi connectivity index (χ0n) is 9.37. The topological polar surface area (TPSA) is 32.3 Å². The van der Waals surface area contributed by atoms with Crippen molar-refractivity contribution < 1.29 is 4.79 Å². The smallest absolute Gasteiger partial charge is 0.222 e. The van der Waals surface area contributed by atoms with E-state index in [1.807, 2.05) is 23.6 Å². The number of likely N-dealkylation sites (tertiary alicyclic amines) is 1. The Morgan fingerprint density at radius 1 is 1.47 bits per heavy atom. The van der Waals surface area contributed by atoms with E-state index in [1.165, 1.54) is 17.9 Å². The van der Waals surface area contributed by atoms with Crippen LogP contribution in [0.15, 0.2) is 0 Å². The molecule has 2 aliphatic heterocycles. The molecule has 0 bridgehead atoms. The quantitative estimate of drug-likeness (QED) is 0.785. The van der Waals surface area contributed by atoms with Gasteiger partial charge < -0.3 is 10.2 Å². The third-order valence-corrected chi connectivity index (χ3v) is 4.41. The van der Waals surface area contributed by atoms with Crippen LogP contribution in [-0.4, -0.2) is 47.5 Å². The summed E-state index contributed by atoms with van der Waals surface area (Å²) in [4.78, 5) is 13.5. The minimum atomic E-state index is 0.306. The van der Waals surface area contributed by atoms with Gasteiger partial charge in [0.1, 0.15) is 0 Å². The van der Waals surface area contributed by atoms with Crippen LogP contribution in [0, 0.1) is 0 Å². The van der Waals surface area contributed by atoms with Crippen molar-refractivity contribution in [3.8, 4) is 0 Å². The van der Waals surface area contributed by atoms with Crippen LogP contribution in [0.5, 0.6) is 0 Å². The molecule has 0 aliphatic carbocycles. The van der Waals surface area contributed by atoms with Crippen LogP contribution in [0.1, 0.15) is 26.2 Å². The number of nitrogens with zero attached hydrogens (tertiary/aromatic N) is 1. The lowest BCUT2D eigenvalue weighted by Gasteiger charge is -2.19. The molecule has 0 aromatic rings. The molecule has 0 aromatic heterocycles. The fraction of sp³-hybridized carbons (Fsp3) is 0.909. The summed E-state index contributed by atoms with van der Waals surface area (Å²) in [5.41, 5.74) is 0. The lowest BCUT2D eigenvalue weighted by Crippen LogP contribution is -2.40. The molecule has 1 amide bonds. The molecule has 15 heavy (non-hydrogen) atoms. The van der Waals surface area contributed by atoms with E-state index >= 15 is 0 Å². The van der Waals surface area contributed by atoms with Crippen LogP contribution >= 0.6 is 11.8 Å². The number of hydrogen-bond acceptors (Lipinski definition) is 3. The Labute approximate surface area is 96.0 Å². The van der Waals surface area contributed by atoms with Crippen molar-refractivity contribution in [2.45, 2.75) is 38.3 Å². The predicted octanol–water partition coefficient (Wildman–Crippen LogP) is 1.09. The number of amides is 1. The van der Waals surface area contributed by atoms with Gasteiger partial charge in [0.25, 0.3) is 0 Å². The maximum Gasteiger partial charge on any atom is 0.222 e. The Balaban J connectivity index is 1.74. The Morgan fingerprint density at radius 3 is 3.00 bits per heavy atom. The molecule has 2 aliphatic rings. The monoisotopic (exact) mass is 228 g/mol. The molecule has 3 nitrogen and oxygen atoms in total. The number of nitrogens with one attached hydrogen (secondary N) is 1. The summed E-state index contributed by atoms with van der Waals surface area (Å²) in [6.07, 6.45) is 3.07. The highest BCUT2D eigenvalue weighted by atomic mass is 32.2. The highest BCUT2D eigenvalue weighted by Gasteiger charge is 2.27. The molecule has 1 N–H and O–H groups in total. The molecule has 2 rings (SSSR count). The molecular weight excluding hydrogens is 208 g/mol. The fourth-order valence-corrected chi connectivity index (χ4v) is 3.51. The van der Waals surface area contributed by atoms with Gasteiger partial charge in [-0.3, -0.25) is 4.79 Å². The second-order valence-electron chi connectivity index (χ2n) is 4.41. The van der Waals surface area contributed by atoms with Crippen LogP contribution in [0.3, 0.4) is 0 Å². The largest absolute Gasteiger partial charge is 0.341 e. The number of hydrogen-bond donors (Lipinski definition) is 1. The number of carbonyl (C=O) groups is 1. The van der Waals surface area contributed by atoms with E-state index in [0.29, 0.717) is 24.4 Å². The summed E-state index contributed by atoms with van der Waals surface area (Å²) in [7, 11) is 0. The average molecular weight is 228 g/mol. The van der Waals surface area contributed by atoms with Gasteiger partial charge in [0.15, 0.2) is 0 Å². The van der Waals surface area contributed by atoms with E-state index in [9.17, 15) is 4.79 Å². The lowest BCUT2D eigenvalue weighted by molar-refractivity contribution is -0.129. The minimum Gasteiger partial charge on any atom is -0.341 e. The lowest BCUT2D eigenvalue weighted by atomic mass is 10.2. The Morgan fingerprint density at radius 2 is 2.33 bits per heavy atom. The maximum absolute atomic E-state index is 11.5. The van der Waals surface area contributed by atoms with Gasteiger partial charge in [0.2, 0.25) is 5.91 Å². The van der Waals surface area contributed by atoms with Gasteiger partial charge in [0, 0.05) is 37.3 Å². The van der Waals surface area contributed by atoms with E-state index in [2.05, 4.69) is 5.32 Å². The molecule has 0 saturated carbocycles. The third-order valence-electron chi connectivity index (χ3n) is 3.24. The molecule has 0 aromatic carbocycles. The molecular formula is C11H20N2OS. The first kappa shape index (κ1) is 11.3. The van der Waals surface area contributed by atoms with Crippen LogP contribution in [0.4, 0.5) is 0 Å². The Kier molecular flexibility index (Phi) is 3.92. The van der Waals surface area contributed by atoms with Crippen molar-refractivity contribution in [3.05, 3.63) is 0 Å². The van der Waals surface area contributed by atoms with Gasteiger partial charge in [-0.25, -0.2) is 0 Å². The summed E-state index contributed by atoms with van der Waals surface area (Å²) in [6, 6.07) is 1.24. The number of carbonyl (C=O) groups excluding carboxylic acids is 1. The van der Waals surface area contributed by atoms with E-state index in [0.717, 1.165) is 19.5 Å². The molecule has 0 spiro atoms. The average Bonchev–Trinajstić information content (AvgIpc) is 2.88. The van der Waals surface area contributed by atoms with Crippen molar-refractivity contribution in [1.82, 2.24) is 10.2 Å². The number of thioether (sulfide) groups is 1. The van der Waals surface area contributed by atoms with Gasteiger partial charge in [-0.1, -0.05) is 6.92 Å². The van der Waals surface area contributed by atoms with Crippen LogP contribution in [0.2, 0.25) is 0 Å². The summed E-state index contributed by atoms with van der Waals surface area (Å²) in [5, 5.41) is 3.67. The van der Waals surface area contributed by atoms with Crippen molar-refractivity contribution >= 4 is 17.7 Å². The second kappa shape index (κ2) is 5.21. The highest BCUT2D eigenvalue weighted by molar-refractivity contribution is 7.99.